The Hall–Kier alpha value is -4.01. The molecule has 0 atom stereocenters. The van der Waals surface area contributed by atoms with E-state index in [0.717, 1.165) is 49.6 Å². The molecule has 40 heavy (non-hydrogen) atoms. The highest BCUT2D eigenvalue weighted by Crippen LogP contribution is 2.29. The Labute approximate surface area is 247 Å². The van der Waals surface area contributed by atoms with Crippen molar-refractivity contribution >= 4 is 56.8 Å². The molecule has 1 saturated heterocycles. The van der Waals surface area contributed by atoms with Gasteiger partial charge in [0.1, 0.15) is 17.9 Å². The van der Waals surface area contributed by atoms with Crippen molar-refractivity contribution in [1.29, 1.82) is 0 Å². The van der Waals surface area contributed by atoms with Gasteiger partial charge in [0.25, 0.3) is 11.8 Å². The second kappa shape index (κ2) is 11.2. The van der Waals surface area contributed by atoms with Crippen molar-refractivity contribution in [3.8, 4) is 11.4 Å². The van der Waals surface area contributed by atoms with Crippen molar-refractivity contribution in [3.05, 3.63) is 116 Å². The summed E-state index contributed by atoms with van der Waals surface area (Å²) in [5, 5.41) is 2.76. The number of amides is 2. The largest absolute Gasteiger partial charge is 0.489 e. The summed E-state index contributed by atoms with van der Waals surface area (Å²) in [5.41, 5.74) is 7.34. The predicted octanol–water partition coefficient (Wildman–Crippen LogP) is 6.88. The van der Waals surface area contributed by atoms with Crippen molar-refractivity contribution in [2.45, 2.75) is 34.3 Å². The Balaban J connectivity index is 1.41. The molecular formula is C32H28BrN3O3S. The van der Waals surface area contributed by atoms with Crippen LogP contribution in [0.15, 0.2) is 82.8 Å². The summed E-state index contributed by atoms with van der Waals surface area (Å²) in [6.45, 7) is 8.35. The quantitative estimate of drug-likeness (QED) is 0.146. The minimum atomic E-state index is -0.506. The van der Waals surface area contributed by atoms with Crippen LogP contribution in [0.1, 0.15) is 33.6 Å². The lowest BCUT2D eigenvalue weighted by Crippen LogP contribution is -2.54. The number of hydrogen-bond acceptors (Lipinski definition) is 4. The second-order valence-electron chi connectivity index (χ2n) is 9.75. The molecule has 1 N–H and O–H groups in total. The molecule has 8 heteroatoms. The van der Waals surface area contributed by atoms with Crippen LogP contribution in [0.25, 0.3) is 11.8 Å². The minimum Gasteiger partial charge on any atom is -0.489 e. The topological polar surface area (TPSA) is 63.6 Å². The average molecular weight is 615 g/mol. The van der Waals surface area contributed by atoms with E-state index in [1.54, 1.807) is 6.08 Å². The third-order valence-electron chi connectivity index (χ3n) is 7.10. The van der Waals surface area contributed by atoms with Crippen LogP contribution in [0.3, 0.4) is 0 Å². The molecule has 1 aromatic heterocycles. The van der Waals surface area contributed by atoms with Gasteiger partial charge in [-0.25, -0.2) is 0 Å². The molecule has 0 aliphatic carbocycles. The van der Waals surface area contributed by atoms with Crippen molar-refractivity contribution < 1.29 is 14.3 Å². The summed E-state index contributed by atoms with van der Waals surface area (Å²) in [4.78, 5) is 27.9. The summed E-state index contributed by atoms with van der Waals surface area (Å²) in [5.74, 6) is -0.184. The Morgan fingerprint density at radius 1 is 0.950 bits per heavy atom. The van der Waals surface area contributed by atoms with E-state index in [1.807, 2.05) is 100 Å². The number of nitrogens with one attached hydrogen (secondary N) is 1. The first-order chi connectivity index (χ1) is 19.1. The van der Waals surface area contributed by atoms with Crippen molar-refractivity contribution in [3.63, 3.8) is 0 Å². The molecule has 0 saturated carbocycles. The monoisotopic (exact) mass is 613 g/mol. The Bertz CT molecular complexity index is 1670. The molecule has 0 radical (unpaired) electrons. The highest BCUT2D eigenvalue weighted by atomic mass is 79.9. The summed E-state index contributed by atoms with van der Waals surface area (Å²) < 4.78 is 9.07. The van der Waals surface area contributed by atoms with Crippen LogP contribution in [-0.2, 0) is 16.2 Å². The van der Waals surface area contributed by atoms with Crippen molar-refractivity contribution in [1.82, 2.24) is 9.88 Å². The van der Waals surface area contributed by atoms with Gasteiger partial charge >= 0.3 is 0 Å². The summed E-state index contributed by atoms with van der Waals surface area (Å²) in [6, 6.07) is 23.5. The van der Waals surface area contributed by atoms with E-state index in [-0.39, 0.29) is 10.7 Å². The van der Waals surface area contributed by atoms with Gasteiger partial charge in [-0.05, 0) is 117 Å². The van der Waals surface area contributed by atoms with Crippen LogP contribution in [0.5, 0.6) is 5.75 Å². The number of rotatable bonds is 6. The number of hydrogen-bond donors (Lipinski definition) is 1. The molecule has 5 rings (SSSR count). The maximum atomic E-state index is 13.6. The van der Waals surface area contributed by atoms with E-state index in [9.17, 15) is 9.59 Å². The fourth-order valence-electron chi connectivity index (χ4n) is 4.78. The second-order valence-corrected chi connectivity index (χ2v) is 11.1. The number of ether oxygens (including phenoxy) is 1. The Kier molecular flexibility index (Phi) is 7.74. The third kappa shape index (κ3) is 5.37. The van der Waals surface area contributed by atoms with E-state index < -0.39 is 11.8 Å². The van der Waals surface area contributed by atoms with E-state index >= 15 is 0 Å². The summed E-state index contributed by atoms with van der Waals surface area (Å²) >= 11 is 8.84. The first-order valence-electron chi connectivity index (χ1n) is 12.8. The van der Waals surface area contributed by atoms with Gasteiger partial charge in [0.15, 0.2) is 5.11 Å². The number of carbonyl (C=O) groups is 2. The summed E-state index contributed by atoms with van der Waals surface area (Å²) in [7, 11) is 0. The lowest BCUT2D eigenvalue weighted by atomic mass is 10.0. The molecule has 202 valence electrons. The molecule has 1 aliphatic heterocycles. The number of anilines is 1. The normalized spacial score (nSPS) is 14.6. The number of aryl methyl sites for hydroxylation is 2. The van der Waals surface area contributed by atoms with Gasteiger partial charge in [0.05, 0.1) is 5.69 Å². The van der Waals surface area contributed by atoms with E-state index in [0.29, 0.717) is 12.3 Å². The fraction of sp³-hybridized carbons (Fsp3) is 0.156. The molecule has 1 aliphatic rings. The zero-order chi connectivity index (χ0) is 28.6. The smallest absolute Gasteiger partial charge is 0.270 e. The van der Waals surface area contributed by atoms with Crippen LogP contribution in [-0.4, -0.2) is 21.5 Å². The van der Waals surface area contributed by atoms with Crippen molar-refractivity contribution in [2.75, 3.05) is 4.90 Å². The van der Waals surface area contributed by atoms with Gasteiger partial charge in [0, 0.05) is 21.5 Å². The van der Waals surface area contributed by atoms with Crippen LogP contribution in [0.4, 0.5) is 5.69 Å². The SMILES string of the molecule is Cc1cccc(N2C(=O)/C(=C/c3cc(C)n(-c4ccc(OCc5ccc(Br)cc5)cc4)c3C)C(=O)NC2=S)c1C. The molecule has 4 aromatic rings. The highest BCUT2D eigenvalue weighted by Gasteiger charge is 2.35. The van der Waals surface area contributed by atoms with Gasteiger partial charge in [0.2, 0.25) is 0 Å². The zero-order valence-electron chi connectivity index (χ0n) is 22.6. The lowest BCUT2D eigenvalue weighted by molar-refractivity contribution is -0.122. The molecule has 2 amide bonds. The van der Waals surface area contributed by atoms with Crippen LogP contribution in [0, 0.1) is 27.7 Å². The number of nitrogens with zero attached hydrogens (tertiary/aromatic N) is 2. The van der Waals surface area contributed by atoms with Crippen LogP contribution < -0.4 is 15.0 Å². The van der Waals surface area contributed by atoms with Gasteiger partial charge in [-0.3, -0.25) is 19.8 Å². The molecule has 3 aromatic carbocycles. The average Bonchev–Trinajstić information content (AvgIpc) is 3.21. The standard InChI is InChI=1S/C32H28BrN3O3S/c1-19-6-5-7-29(21(19)3)36-31(38)28(30(37)34-32(36)40)17-24-16-20(2)35(22(24)4)26-12-14-27(15-13-26)39-18-23-8-10-25(33)11-9-23/h5-17H,18H2,1-4H3,(H,34,37,40)/b28-17+. The molecule has 2 heterocycles. The van der Waals surface area contributed by atoms with Crippen molar-refractivity contribution in [2.24, 2.45) is 0 Å². The van der Waals surface area contributed by atoms with E-state index in [1.165, 1.54) is 4.90 Å². The zero-order valence-corrected chi connectivity index (χ0v) is 25.0. The molecular weight excluding hydrogens is 586 g/mol. The molecule has 0 unspecified atom stereocenters. The lowest BCUT2D eigenvalue weighted by Gasteiger charge is -2.30. The van der Waals surface area contributed by atoms with Gasteiger partial charge in [-0.15, -0.1) is 0 Å². The molecule has 6 nitrogen and oxygen atoms in total. The van der Waals surface area contributed by atoms with Gasteiger partial charge in [-0.1, -0.05) is 40.2 Å². The third-order valence-corrected chi connectivity index (χ3v) is 7.92. The highest BCUT2D eigenvalue weighted by molar-refractivity contribution is 9.10. The molecule has 0 bridgehead atoms. The first-order valence-corrected chi connectivity index (χ1v) is 14.0. The molecule has 1 fully saturated rings. The molecule has 0 spiro atoms. The minimum absolute atomic E-state index is 0.0337. The van der Waals surface area contributed by atoms with Crippen LogP contribution >= 0.6 is 28.1 Å². The predicted molar refractivity (Wildman–Crippen MR) is 166 cm³/mol. The van der Waals surface area contributed by atoms with E-state index in [2.05, 4.69) is 25.8 Å². The number of halogens is 1. The number of aromatic nitrogens is 1. The maximum absolute atomic E-state index is 13.6. The Morgan fingerprint density at radius 2 is 1.65 bits per heavy atom. The van der Waals surface area contributed by atoms with Crippen LogP contribution in [0.2, 0.25) is 0 Å². The van der Waals surface area contributed by atoms with Gasteiger partial charge < -0.3 is 9.30 Å². The van der Waals surface area contributed by atoms with E-state index in [4.69, 9.17) is 17.0 Å². The maximum Gasteiger partial charge on any atom is 0.270 e. The summed E-state index contributed by atoms with van der Waals surface area (Å²) in [6.07, 6.45) is 1.64. The number of carbonyl (C=O) groups excluding carboxylic acids is 2. The fourth-order valence-corrected chi connectivity index (χ4v) is 5.32. The Morgan fingerprint density at radius 3 is 2.35 bits per heavy atom. The van der Waals surface area contributed by atoms with Gasteiger partial charge in [-0.2, -0.15) is 0 Å². The first kappa shape index (κ1) is 27.6. The number of benzene rings is 3. The number of thiocarbonyl (C=S) groups is 1.